The van der Waals surface area contributed by atoms with Crippen LogP contribution in [0.1, 0.15) is 87.5 Å². The Kier molecular flexibility index (Phi) is 12.7. The monoisotopic (exact) mass is 394 g/mol. The van der Waals surface area contributed by atoms with Gasteiger partial charge < -0.3 is 9.16 Å². The molecule has 1 atom stereocenters. The van der Waals surface area contributed by atoms with Crippen LogP contribution in [0.25, 0.3) is 0 Å². The van der Waals surface area contributed by atoms with Gasteiger partial charge in [0.05, 0.1) is 0 Å². The van der Waals surface area contributed by atoms with Crippen molar-refractivity contribution in [3.8, 4) is 11.8 Å². The molecule has 0 saturated carbocycles. The maximum Gasteiger partial charge on any atom is 0.303 e. The molecule has 3 nitrogen and oxygen atoms in total. The van der Waals surface area contributed by atoms with Crippen molar-refractivity contribution in [1.82, 2.24) is 0 Å². The summed E-state index contributed by atoms with van der Waals surface area (Å²) in [7, 11) is -1.84. The maximum absolute atomic E-state index is 11.3. The van der Waals surface area contributed by atoms with Gasteiger partial charge in [0.25, 0.3) is 0 Å². The van der Waals surface area contributed by atoms with Gasteiger partial charge in [-0.3, -0.25) is 4.79 Å². The van der Waals surface area contributed by atoms with Gasteiger partial charge in [-0.15, -0.1) is 0 Å². The van der Waals surface area contributed by atoms with E-state index in [2.05, 4.69) is 66.9 Å². The number of esters is 1. The second-order valence-electron chi connectivity index (χ2n) is 8.38. The van der Waals surface area contributed by atoms with Crippen LogP contribution in [0.15, 0.2) is 12.2 Å². The SMILES string of the molecule is C=C(C#CC(CCCCC)OC(C)=O)CCO[Si](C(C)C)(C(C)C)C(C)C. The van der Waals surface area contributed by atoms with Crippen molar-refractivity contribution in [2.75, 3.05) is 6.61 Å². The van der Waals surface area contributed by atoms with Gasteiger partial charge >= 0.3 is 5.97 Å². The van der Waals surface area contributed by atoms with E-state index in [1.807, 2.05) is 0 Å². The average Bonchev–Trinajstić information content (AvgIpc) is 2.55. The first-order valence-corrected chi connectivity index (χ1v) is 12.7. The van der Waals surface area contributed by atoms with Crippen LogP contribution in [0.3, 0.4) is 0 Å². The quantitative estimate of drug-likeness (QED) is 0.161. The molecule has 0 rings (SSSR count). The molecule has 4 heteroatoms. The number of carbonyl (C=O) groups is 1. The largest absolute Gasteiger partial charge is 0.449 e. The molecule has 0 heterocycles. The smallest absolute Gasteiger partial charge is 0.303 e. The third kappa shape index (κ3) is 9.12. The van der Waals surface area contributed by atoms with Crippen molar-refractivity contribution in [2.24, 2.45) is 0 Å². The minimum Gasteiger partial charge on any atom is -0.449 e. The molecule has 0 bridgehead atoms. The van der Waals surface area contributed by atoms with E-state index in [4.69, 9.17) is 9.16 Å². The third-order valence-electron chi connectivity index (χ3n) is 5.25. The molecule has 0 saturated heterocycles. The van der Waals surface area contributed by atoms with Gasteiger partial charge in [0.15, 0.2) is 14.4 Å². The van der Waals surface area contributed by atoms with Crippen molar-refractivity contribution < 1.29 is 14.0 Å². The Hall–Kier alpha value is -1.05. The van der Waals surface area contributed by atoms with Gasteiger partial charge in [0.2, 0.25) is 0 Å². The summed E-state index contributed by atoms with van der Waals surface area (Å²) >= 11 is 0. The number of rotatable bonds is 12. The van der Waals surface area contributed by atoms with Crippen molar-refractivity contribution in [3.05, 3.63) is 12.2 Å². The molecule has 0 spiro atoms. The van der Waals surface area contributed by atoms with Crippen LogP contribution in [0.5, 0.6) is 0 Å². The molecule has 0 amide bonds. The summed E-state index contributed by atoms with van der Waals surface area (Å²) in [5, 5.41) is 0. The first-order chi connectivity index (χ1) is 12.6. The van der Waals surface area contributed by atoms with E-state index < -0.39 is 8.32 Å². The van der Waals surface area contributed by atoms with Crippen molar-refractivity contribution in [3.63, 3.8) is 0 Å². The Balaban J connectivity index is 4.80. The Morgan fingerprint density at radius 1 is 1.04 bits per heavy atom. The molecule has 27 heavy (non-hydrogen) atoms. The highest BCUT2D eigenvalue weighted by Crippen LogP contribution is 2.42. The lowest BCUT2D eigenvalue weighted by atomic mass is 10.1. The first-order valence-electron chi connectivity index (χ1n) is 10.6. The third-order valence-corrected chi connectivity index (χ3v) is 11.4. The van der Waals surface area contributed by atoms with Gasteiger partial charge in [0, 0.05) is 20.0 Å². The Morgan fingerprint density at radius 2 is 1.59 bits per heavy atom. The molecule has 0 aromatic carbocycles. The molecular formula is C23H42O3Si. The zero-order valence-electron chi connectivity index (χ0n) is 19.0. The fourth-order valence-electron chi connectivity index (χ4n) is 4.04. The van der Waals surface area contributed by atoms with Gasteiger partial charge in [-0.25, -0.2) is 0 Å². The van der Waals surface area contributed by atoms with Crippen molar-refractivity contribution in [2.45, 2.75) is 110 Å². The standard InChI is InChI=1S/C23H42O3Si/c1-10-11-12-13-23(26-22(9)24)15-14-21(8)16-17-25-27(18(2)3,19(4)5)20(6)7/h18-20,23H,8,10-13,16-17H2,1-7,9H3. The molecule has 0 aliphatic heterocycles. The van der Waals surface area contributed by atoms with Gasteiger partial charge in [-0.1, -0.05) is 79.7 Å². The highest BCUT2D eigenvalue weighted by molar-refractivity contribution is 6.77. The minimum absolute atomic E-state index is 0.277. The lowest BCUT2D eigenvalue weighted by molar-refractivity contribution is -0.144. The molecular weight excluding hydrogens is 352 g/mol. The molecule has 0 aliphatic rings. The lowest BCUT2D eigenvalue weighted by Crippen LogP contribution is -2.48. The molecule has 0 aromatic heterocycles. The molecule has 1 unspecified atom stereocenters. The van der Waals surface area contributed by atoms with E-state index >= 15 is 0 Å². The molecule has 0 N–H and O–H groups in total. The number of unbranched alkanes of at least 4 members (excludes halogenated alkanes) is 2. The second kappa shape index (κ2) is 13.2. The van der Waals surface area contributed by atoms with Crippen LogP contribution >= 0.6 is 0 Å². The highest BCUT2D eigenvalue weighted by Gasteiger charge is 2.44. The summed E-state index contributed by atoms with van der Waals surface area (Å²) in [5.41, 5.74) is 2.57. The Morgan fingerprint density at radius 3 is 2.04 bits per heavy atom. The Bertz CT molecular complexity index is 490. The molecule has 0 aromatic rings. The van der Waals surface area contributed by atoms with Gasteiger partial charge in [-0.05, 0) is 35.0 Å². The van der Waals surface area contributed by atoms with E-state index in [0.29, 0.717) is 23.2 Å². The van der Waals surface area contributed by atoms with Crippen molar-refractivity contribution >= 4 is 14.3 Å². The summed E-state index contributed by atoms with van der Waals surface area (Å²) in [4.78, 5) is 11.3. The highest BCUT2D eigenvalue weighted by atomic mass is 28.4. The summed E-state index contributed by atoms with van der Waals surface area (Å²) in [6, 6.07) is 0. The van der Waals surface area contributed by atoms with Crippen LogP contribution < -0.4 is 0 Å². The van der Waals surface area contributed by atoms with Crippen LogP contribution in [-0.2, 0) is 14.0 Å². The fraction of sp³-hybridized carbons (Fsp3) is 0.783. The first kappa shape index (κ1) is 25.9. The minimum atomic E-state index is -1.84. The summed E-state index contributed by atoms with van der Waals surface area (Å²) in [6.45, 7) is 22.1. The second-order valence-corrected chi connectivity index (χ2v) is 13.8. The van der Waals surface area contributed by atoms with E-state index in [1.54, 1.807) is 0 Å². The Labute approximate surface area is 169 Å². The molecule has 156 valence electrons. The number of carbonyl (C=O) groups excluding carboxylic acids is 1. The number of hydrogen-bond acceptors (Lipinski definition) is 3. The maximum atomic E-state index is 11.3. The summed E-state index contributed by atoms with van der Waals surface area (Å²) in [5.74, 6) is 5.92. The molecule has 0 aliphatic carbocycles. The van der Waals surface area contributed by atoms with E-state index in [1.165, 1.54) is 6.92 Å². The molecule has 0 radical (unpaired) electrons. The van der Waals surface area contributed by atoms with E-state index in [0.717, 1.165) is 37.7 Å². The van der Waals surface area contributed by atoms with Crippen LogP contribution in [0, 0.1) is 11.8 Å². The summed E-state index contributed by atoms with van der Waals surface area (Å²) < 4.78 is 11.9. The fourth-order valence-corrected chi connectivity index (χ4v) is 9.49. The van der Waals surface area contributed by atoms with Crippen LogP contribution in [0.2, 0.25) is 16.6 Å². The van der Waals surface area contributed by atoms with Crippen LogP contribution in [-0.4, -0.2) is 27.0 Å². The summed E-state index contributed by atoms with van der Waals surface area (Å²) in [6.07, 6.45) is 4.47. The van der Waals surface area contributed by atoms with Gasteiger partial charge in [0.1, 0.15) is 0 Å². The lowest BCUT2D eigenvalue weighted by Gasteiger charge is -2.42. The average molecular weight is 395 g/mol. The van der Waals surface area contributed by atoms with Gasteiger partial charge in [-0.2, -0.15) is 0 Å². The number of ether oxygens (including phenoxy) is 1. The predicted octanol–water partition coefficient (Wildman–Crippen LogP) is 6.64. The number of hydrogen-bond donors (Lipinski definition) is 0. The van der Waals surface area contributed by atoms with E-state index in [-0.39, 0.29) is 12.1 Å². The van der Waals surface area contributed by atoms with E-state index in [9.17, 15) is 4.79 Å². The normalized spacial score (nSPS) is 12.9. The topological polar surface area (TPSA) is 35.5 Å². The molecule has 0 fully saturated rings. The zero-order valence-corrected chi connectivity index (χ0v) is 20.0. The zero-order chi connectivity index (χ0) is 21.0. The van der Waals surface area contributed by atoms with Crippen molar-refractivity contribution in [1.29, 1.82) is 0 Å². The van der Waals surface area contributed by atoms with Crippen LogP contribution in [0.4, 0.5) is 0 Å². The predicted molar refractivity (Wildman–Crippen MR) is 118 cm³/mol.